The summed E-state index contributed by atoms with van der Waals surface area (Å²) in [4.78, 5) is 15.1. The fraction of sp³-hybridized carbons (Fsp3) is 0.667. The van der Waals surface area contributed by atoms with E-state index in [4.69, 9.17) is 27.9 Å². The monoisotopic (exact) mass is 410 g/mol. The van der Waals surface area contributed by atoms with Gasteiger partial charge in [0.25, 0.3) is 5.91 Å². The van der Waals surface area contributed by atoms with E-state index in [0.717, 1.165) is 38.6 Å². The number of benzene rings is 1. The van der Waals surface area contributed by atoms with Gasteiger partial charge in [0.1, 0.15) is 0 Å². The molecule has 2 heterocycles. The van der Waals surface area contributed by atoms with Gasteiger partial charge in [-0.1, -0.05) is 23.2 Å². The third-order valence-corrected chi connectivity index (χ3v) is 7.10. The Balaban J connectivity index is 1.22. The molecule has 1 aliphatic carbocycles. The predicted molar refractivity (Wildman–Crippen MR) is 109 cm³/mol. The van der Waals surface area contributed by atoms with Crippen LogP contribution in [0.4, 0.5) is 0 Å². The molecule has 1 aromatic rings. The Morgan fingerprint density at radius 2 is 1.81 bits per heavy atom. The van der Waals surface area contributed by atoms with Gasteiger partial charge in [0.05, 0.1) is 0 Å². The van der Waals surface area contributed by atoms with Crippen molar-refractivity contribution in [2.75, 3.05) is 32.8 Å². The number of nitrogens with one attached hydrogen (secondary N) is 1. The van der Waals surface area contributed by atoms with E-state index in [1.54, 1.807) is 18.2 Å². The highest BCUT2D eigenvalue weighted by atomic mass is 35.5. The number of halogens is 2. The van der Waals surface area contributed by atoms with E-state index in [1.807, 2.05) is 0 Å². The van der Waals surface area contributed by atoms with Crippen LogP contribution < -0.4 is 5.32 Å². The summed E-state index contributed by atoms with van der Waals surface area (Å²) in [6.45, 7) is 5.38. The van der Waals surface area contributed by atoms with Crippen molar-refractivity contribution in [1.29, 1.82) is 0 Å². The number of carbonyl (C=O) groups excluding carboxylic acids is 1. The standard InChI is InChI=1S/C21H28Cl2N2O2/c22-17-11-16(12-18(23)13-17)20(26)24-19-14-21(19)4-7-25(8-5-21)6-1-15-2-9-27-10-3-15/h11-13,15,19H,1-10,14H2,(H,24,26)/t19-/m1/s1. The number of rotatable bonds is 5. The molecular weight excluding hydrogens is 383 g/mol. The number of piperidine rings is 1. The van der Waals surface area contributed by atoms with Crippen LogP contribution in [0.1, 0.15) is 48.9 Å². The molecule has 2 aliphatic heterocycles. The molecule has 1 aromatic carbocycles. The zero-order chi connectivity index (χ0) is 18.9. The highest BCUT2D eigenvalue weighted by molar-refractivity contribution is 6.35. The van der Waals surface area contributed by atoms with E-state index in [2.05, 4.69) is 10.2 Å². The smallest absolute Gasteiger partial charge is 0.251 e. The highest BCUT2D eigenvalue weighted by Crippen LogP contribution is 2.54. The summed E-state index contributed by atoms with van der Waals surface area (Å²) in [5.74, 6) is 0.773. The van der Waals surface area contributed by atoms with Crippen LogP contribution in [0.3, 0.4) is 0 Å². The largest absolute Gasteiger partial charge is 0.381 e. The molecule has 1 atom stereocenters. The van der Waals surface area contributed by atoms with E-state index in [-0.39, 0.29) is 5.91 Å². The zero-order valence-electron chi connectivity index (χ0n) is 15.7. The quantitative estimate of drug-likeness (QED) is 0.781. The molecule has 2 saturated heterocycles. The first-order valence-electron chi connectivity index (χ1n) is 10.1. The Bertz CT molecular complexity index is 663. The first kappa shape index (κ1) is 19.5. The van der Waals surface area contributed by atoms with Crippen LogP contribution in [0.2, 0.25) is 10.0 Å². The summed E-state index contributed by atoms with van der Waals surface area (Å²) < 4.78 is 5.45. The van der Waals surface area contributed by atoms with Gasteiger partial charge in [-0.2, -0.15) is 0 Å². The molecule has 1 saturated carbocycles. The number of amides is 1. The molecule has 148 valence electrons. The number of likely N-dealkylation sites (tertiary alicyclic amines) is 1. The molecule has 3 fully saturated rings. The SMILES string of the molecule is O=C(N[C@@H]1CC12CCN(CCC1CCOCC1)CC2)c1cc(Cl)cc(Cl)c1. The fourth-order valence-corrected chi connectivity index (χ4v) is 5.18. The van der Waals surface area contributed by atoms with Crippen molar-refractivity contribution in [2.24, 2.45) is 11.3 Å². The van der Waals surface area contributed by atoms with Gasteiger partial charge in [-0.3, -0.25) is 4.79 Å². The Labute approximate surface area is 171 Å². The molecule has 0 unspecified atom stereocenters. The third kappa shape index (κ3) is 4.79. The molecule has 4 nitrogen and oxygen atoms in total. The van der Waals surface area contributed by atoms with Crippen LogP contribution in [0.15, 0.2) is 18.2 Å². The molecule has 6 heteroatoms. The number of nitrogens with zero attached hydrogens (tertiary/aromatic N) is 1. The first-order valence-corrected chi connectivity index (χ1v) is 10.9. The lowest BCUT2D eigenvalue weighted by Gasteiger charge is -2.34. The van der Waals surface area contributed by atoms with Crippen LogP contribution in [-0.4, -0.2) is 49.7 Å². The van der Waals surface area contributed by atoms with Gasteiger partial charge >= 0.3 is 0 Å². The van der Waals surface area contributed by atoms with Crippen molar-refractivity contribution in [2.45, 2.75) is 44.6 Å². The first-order chi connectivity index (χ1) is 13.0. The number of ether oxygens (including phenoxy) is 1. The lowest BCUT2D eigenvalue weighted by atomic mass is 9.91. The van der Waals surface area contributed by atoms with Crippen molar-refractivity contribution >= 4 is 29.1 Å². The number of carbonyl (C=O) groups is 1. The second-order valence-corrected chi connectivity index (χ2v) is 9.31. The van der Waals surface area contributed by atoms with Crippen molar-refractivity contribution in [3.63, 3.8) is 0 Å². The minimum Gasteiger partial charge on any atom is -0.381 e. The van der Waals surface area contributed by atoms with Crippen LogP contribution >= 0.6 is 23.2 Å². The Morgan fingerprint density at radius 3 is 2.48 bits per heavy atom. The fourth-order valence-electron chi connectivity index (χ4n) is 4.65. The number of hydrogen-bond acceptors (Lipinski definition) is 3. The van der Waals surface area contributed by atoms with Crippen LogP contribution in [0.25, 0.3) is 0 Å². The normalized spacial score (nSPS) is 25.5. The van der Waals surface area contributed by atoms with Gasteiger partial charge in [0.2, 0.25) is 0 Å². The third-order valence-electron chi connectivity index (χ3n) is 6.67. The lowest BCUT2D eigenvalue weighted by Crippen LogP contribution is -2.39. The molecule has 27 heavy (non-hydrogen) atoms. The molecule has 4 rings (SSSR count). The topological polar surface area (TPSA) is 41.6 Å². The van der Waals surface area contributed by atoms with Crippen molar-refractivity contribution in [1.82, 2.24) is 10.2 Å². The van der Waals surface area contributed by atoms with Crippen LogP contribution in [-0.2, 0) is 4.74 Å². The summed E-state index contributed by atoms with van der Waals surface area (Å²) in [5, 5.41) is 4.19. The van der Waals surface area contributed by atoms with E-state index in [0.29, 0.717) is 27.1 Å². The van der Waals surface area contributed by atoms with Gasteiger partial charge in [0, 0.05) is 34.9 Å². The molecule has 1 spiro atoms. The van der Waals surface area contributed by atoms with Gasteiger partial charge in [-0.05, 0) is 87.7 Å². The molecule has 0 aromatic heterocycles. The maximum atomic E-state index is 12.5. The molecule has 0 bridgehead atoms. The Kier molecular flexibility index (Phi) is 5.98. The maximum Gasteiger partial charge on any atom is 0.251 e. The van der Waals surface area contributed by atoms with E-state index in [1.165, 1.54) is 38.6 Å². The highest BCUT2D eigenvalue weighted by Gasteiger charge is 2.55. The summed E-state index contributed by atoms with van der Waals surface area (Å²) in [7, 11) is 0. The molecular formula is C21H28Cl2N2O2. The minimum atomic E-state index is -0.0665. The Hall–Kier alpha value is -0.810. The predicted octanol–water partition coefficient (Wildman–Crippen LogP) is 4.39. The molecule has 3 aliphatic rings. The summed E-state index contributed by atoms with van der Waals surface area (Å²) in [6, 6.07) is 5.29. The summed E-state index contributed by atoms with van der Waals surface area (Å²) >= 11 is 12.0. The second kappa shape index (κ2) is 8.28. The zero-order valence-corrected chi connectivity index (χ0v) is 17.2. The van der Waals surface area contributed by atoms with Crippen LogP contribution in [0, 0.1) is 11.3 Å². The molecule has 1 N–H and O–H groups in total. The van der Waals surface area contributed by atoms with Crippen molar-refractivity contribution in [3.8, 4) is 0 Å². The average molecular weight is 411 g/mol. The molecule has 0 radical (unpaired) electrons. The maximum absolute atomic E-state index is 12.5. The van der Waals surface area contributed by atoms with Crippen molar-refractivity contribution < 1.29 is 9.53 Å². The second-order valence-electron chi connectivity index (χ2n) is 8.44. The van der Waals surface area contributed by atoms with E-state index >= 15 is 0 Å². The number of hydrogen-bond donors (Lipinski definition) is 1. The van der Waals surface area contributed by atoms with E-state index in [9.17, 15) is 4.79 Å². The molecule has 1 amide bonds. The lowest BCUT2D eigenvalue weighted by molar-refractivity contribution is 0.0574. The average Bonchev–Trinajstić information content (AvgIpc) is 3.32. The van der Waals surface area contributed by atoms with Gasteiger partial charge < -0.3 is 15.0 Å². The Morgan fingerprint density at radius 1 is 1.15 bits per heavy atom. The van der Waals surface area contributed by atoms with E-state index < -0.39 is 0 Å². The summed E-state index contributed by atoms with van der Waals surface area (Å²) in [6.07, 6.45) is 7.20. The van der Waals surface area contributed by atoms with Crippen LogP contribution in [0.5, 0.6) is 0 Å². The van der Waals surface area contributed by atoms with Gasteiger partial charge in [-0.25, -0.2) is 0 Å². The van der Waals surface area contributed by atoms with Gasteiger partial charge in [-0.15, -0.1) is 0 Å². The van der Waals surface area contributed by atoms with Crippen molar-refractivity contribution in [3.05, 3.63) is 33.8 Å². The summed E-state index contributed by atoms with van der Waals surface area (Å²) in [5.41, 5.74) is 0.858. The van der Waals surface area contributed by atoms with Gasteiger partial charge in [0.15, 0.2) is 0 Å². The minimum absolute atomic E-state index is 0.0665.